The van der Waals surface area contributed by atoms with E-state index in [-0.39, 0.29) is 18.4 Å². The van der Waals surface area contributed by atoms with Crippen LogP contribution in [0.4, 0.5) is 0 Å². The van der Waals surface area contributed by atoms with Crippen molar-refractivity contribution in [3.05, 3.63) is 30.0 Å². The van der Waals surface area contributed by atoms with Crippen molar-refractivity contribution >= 4 is 22.7 Å². The van der Waals surface area contributed by atoms with Crippen LogP contribution in [0.15, 0.2) is 24.4 Å². The molecule has 2 amide bonds. The third-order valence-corrected chi connectivity index (χ3v) is 3.24. The highest BCUT2D eigenvalue weighted by atomic mass is 16.2. The fraction of sp³-hybridized carbons (Fsp3) is 0.357. The van der Waals surface area contributed by atoms with E-state index in [2.05, 4.69) is 20.8 Å². The van der Waals surface area contributed by atoms with Gasteiger partial charge in [-0.2, -0.15) is 5.10 Å². The Hall–Kier alpha value is -2.37. The van der Waals surface area contributed by atoms with Gasteiger partial charge in [0.15, 0.2) is 0 Å². The zero-order valence-corrected chi connectivity index (χ0v) is 11.8. The first-order valence-corrected chi connectivity index (χ1v) is 6.37. The number of fused-ring (bicyclic) bond motifs is 1. The van der Waals surface area contributed by atoms with E-state index in [0.29, 0.717) is 5.56 Å². The molecule has 0 unspecified atom stereocenters. The summed E-state index contributed by atoms with van der Waals surface area (Å²) in [5.41, 5.74) is 0.695. The lowest BCUT2D eigenvalue weighted by atomic mass is 9.92. The average molecular weight is 274 g/mol. The minimum absolute atomic E-state index is 0.109. The van der Waals surface area contributed by atoms with Gasteiger partial charge in [-0.1, -0.05) is 6.07 Å². The van der Waals surface area contributed by atoms with Crippen molar-refractivity contribution in [2.75, 3.05) is 13.6 Å². The number of H-pyrrole nitrogens is 1. The smallest absolute Gasteiger partial charge is 0.251 e. The van der Waals surface area contributed by atoms with Crippen molar-refractivity contribution in [3.63, 3.8) is 0 Å². The standard InChI is InChI=1S/C14H18N4O2/c1-14(2,13(20)15-3)8-16-12(19)9-4-5-10-7-17-18-11(10)6-9/h4-7H,8H2,1-3H3,(H,15,20)(H,16,19)(H,17,18). The second kappa shape index (κ2) is 5.32. The van der Waals surface area contributed by atoms with E-state index in [9.17, 15) is 9.59 Å². The van der Waals surface area contributed by atoms with Crippen molar-refractivity contribution < 1.29 is 9.59 Å². The quantitative estimate of drug-likeness (QED) is 0.779. The van der Waals surface area contributed by atoms with E-state index in [0.717, 1.165) is 10.9 Å². The lowest BCUT2D eigenvalue weighted by Gasteiger charge is -2.22. The van der Waals surface area contributed by atoms with Crippen LogP contribution in [0.1, 0.15) is 24.2 Å². The molecule has 106 valence electrons. The van der Waals surface area contributed by atoms with Gasteiger partial charge < -0.3 is 10.6 Å². The molecular formula is C14H18N4O2. The maximum atomic E-state index is 12.1. The number of nitrogens with zero attached hydrogens (tertiary/aromatic N) is 1. The van der Waals surface area contributed by atoms with Crippen molar-refractivity contribution in [3.8, 4) is 0 Å². The summed E-state index contributed by atoms with van der Waals surface area (Å²) >= 11 is 0. The predicted molar refractivity (Wildman–Crippen MR) is 76.3 cm³/mol. The Morgan fingerprint density at radius 1 is 1.35 bits per heavy atom. The summed E-state index contributed by atoms with van der Waals surface area (Å²) in [5, 5.41) is 13.0. The topological polar surface area (TPSA) is 86.9 Å². The number of nitrogens with one attached hydrogen (secondary N) is 3. The summed E-state index contributed by atoms with van der Waals surface area (Å²) in [6.45, 7) is 3.83. The number of carbonyl (C=O) groups excluding carboxylic acids is 2. The highest BCUT2D eigenvalue weighted by Crippen LogP contribution is 2.15. The molecule has 0 bridgehead atoms. The number of hydrogen-bond acceptors (Lipinski definition) is 3. The fourth-order valence-corrected chi connectivity index (χ4v) is 1.90. The van der Waals surface area contributed by atoms with Gasteiger partial charge in [0.2, 0.25) is 5.91 Å². The maximum Gasteiger partial charge on any atom is 0.251 e. The van der Waals surface area contributed by atoms with Crippen LogP contribution >= 0.6 is 0 Å². The van der Waals surface area contributed by atoms with Crippen LogP contribution in [0.25, 0.3) is 10.9 Å². The molecular weight excluding hydrogens is 256 g/mol. The number of aromatic amines is 1. The molecule has 1 heterocycles. The number of amides is 2. The first-order chi connectivity index (χ1) is 9.44. The first-order valence-electron chi connectivity index (χ1n) is 6.37. The van der Waals surface area contributed by atoms with Crippen LogP contribution in [0.2, 0.25) is 0 Å². The lowest BCUT2D eigenvalue weighted by molar-refractivity contribution is -0.128. The molecule has 2 rings (SSSR count). The van der Waals surface area contributed by atoms with E-state index >= 15 is 0 Å². The zero-order chi connectivity index (χ0) is 14.8. The number of hydrogen-bond donors (Lipinski definition) is 3. The SMILES string of the molecule is CNC(=O)C(C)(C)CNC(=O)c1ccc2cn[nH]c2c1. The van der Waals surface area contributed by atoms with E-state index < -0.39 is 5.41 Å². The van der Waals surface area contributed by atoms with Crippen molar-refractivity contribution in [1.29, 1.82) is 0 Å². The third-order valence-electron chi connectivity index (χ3n) is 3.24. The third kappa shape index (κ3) is 2.79. The molecule has 20 heavy (non-hydrogen) atoms. The maximum absolute atomic E-state index is 12.1. The fourth-order valence-electron chi connectivity index (χ4n) is 1.90. The Bertz CT molecular complexity index is 645. The Labute approximate surface area is 116 Å². The van der Waals surface area contributed by atoms with Gasteiger partial charge in [0, 0.05) is 24.5 Å². The summed E-state index contributed by atoms with van der Waals surface area (Å²) < 4.78 is 0. The van der Waals surface area contributed by atoms with Crippen LogP contribution in [0.3, 0.4) is 0 Å². The molecule has 6 nitrogen and oxygen atoms in total. The minimum Gasteiger partial charge on any atom is -0.359 e. The molecule has 0 atom stereocenters. The molecule has 1 aromatic heterocycles. The van der Waals surface area contributed by atoms with Gasteiger partial charge in [0.05, 0.1) is 17.1 Å². The molecule has 0 saturated carbocycles. The number of aromatic nitrogens is 2. The van der Waals surface area contributed by atoms with Crippen LogP contribution in [-0.4, -0.2) is 35.6 Å². The van der Waals surface area contributed by atoms with Gasteiger partial charge in [0.25, 0.3) is 5.91 Å². The number of benzene rings is 1. The average Bonchev–Trinajstić information content (AvgIpc) is 2.91. The monoisotopic (exact) mass is 274 g/mol. The molecule has 3 N–H and O–H groups in total. The number of rotatable bonds is 4. The number of carbonyl (C=O) groups is 2. The molecule has 0 aliphatic carbocycles. The highest BCUT2D eigenvalue weighted by molar-refractivity contribution is 5.98. The largest absolute Gasteiger partial charge is 0.359 e. The minimum atomic E-state index is -0.650. The van der Waals surface area contributed by atoms with E-state index in [4.69, 9.17) is 0 Å². The van der Waals surface area contributed by atoms with E-state index in [1.807, 2.05) is 6.07 Å². The van der Waals surface area contributed by atoms with Gasteiger partial charge in [-0.15, -0.1) is 0 Å². The molecule has 2 aromatic rings. The first kappa shape index (κ1) is 14.0. The Balaban J connectivity index is 2.06. The molecule has 0 radical (unpaired) electrons. The second-order valence-corrected chi connectivity index (χ2v) is 5.32. The van der Waals surface area contributed by atoms with Gasteiger partial charge >= 0.3 is 0 Å². The molecule has 0 saturated heterocycles. The summed E-state index contributed by atoms with van der Waals surface area (Å²) in [6.07, 6.45) is 1.70. The molecule has 1 aromatic carbocycles. The van der Waals surface area contributed by atoms with Gasteiger partial charge in [-0.3, -0.25) is 14.7 Å². The Kier molecular flexibility index (Phi) is 3.74. The normalized spacial score (nSPS) is 11.3. The summed E-state index contributed by atoms with van der Waals surface area (Å²) in [7, 11) is 1.58. The van der Waals surface area contributed by atoms with E-state index in [1.54, 1.807) is 39.2 Å². The summed E-state index contributed by atoms with van der Waals surface area (Å²) in [5.74, 6) is -0.319. The predicted octanol–water partition coefficient (Wildman–Crippen LogP) is 1.06. The van der Waals surface area contributed by atoms with Gasteiger partial charge in [-0.05, 0) is 26.0 Å². The molecule has 6 heteroatoms. The van der Waals surface area contributed by atoms with Crippen molar-refractivity contribution in [2.45, 2.75) is 13.8 Å². The molecule has 0 aliphatic heterocycles. The molecule has 0 spiro atoms. The Morgan fingerprint density at radius 3 is 2.80 bits per heavy atom. The van der Waals surface area contributed by atoms with Crippen LogP contribution in [-0.2, 0) is 4.79 Å². The van der Waals surface area contributed by atoms with Crippen molar-refractivity contribution in [2.24, 2.45) is 5.41 Å². The lowest BCUT2D eigenvalue weighted by Crippen LogP contribution is -2.43. The van der Waals surface area contributed by atoms with Gasteiger partial charge in [-0.25, -0.2) is 0 Å². The summed E-state index contributed by atoms with van der Waals surface area (Å²) in [6, 6.07) is 5.31. The molecule has 0 aliphatic rings. The van der Waals surface area contributed by atoms with Crippen LogP contribution in [0, 0.1) is 5.41 Å². The van der Waals surface area contributed by atoms with Crippen molar-refractivity contribution in [1.82, 2.24) is 20.8 Å². The highest BCUT2D eigenvalue weighted by Gasteiger charge is 2.27. The van der Waals surface area contributed by atoms with E-state index in [1.165, 1.54) is 0 Å². The molecule has 0 fully saturated rings. The second-order valence-electron chi connectivity index (χ2n) is 5.32. The van der Waals surface area contributed by atoms with Crippen LogP contribution < -0.4 is 10.6 Å². The van der Waals surface area contributed by atoms with Crippen LogP contribution in [0.5, 0.6) is 0 Å². The Morgan fingerprint density at radius 2 is 2.10 bits per heavy atom. The van der Waals surface area contributed by atoms with Gasteiger partial charge in [0.1, 0.15) is 0 Å². The summed E-state index contributed by atoms with van der Waals surface area (Å²) in [4.78, 5) is 23.7. The zero-order valence-electron chi connectivity index (χ0n) is 11.8.